The van der Waals surface area contributed by atoms with Crippen LogP contribution in [0, 0.1) is 5.82 Å². The van der Waals surface area contributed by atoms with Gasteiger partial charge >= 0.3 is 0 Å². The smallest absolute Gasteiger partial charge is 0.169 e. The topological polar surface area (TPSA) is 25.2 Å². The highest BCUT2D eigenvalue weighted by Gasteiger charge is 2.30. The molecule has 2 unspecified atom stereocenters. The summed E-state index contributed by atoms with van der Waals surface area (Å²) >= 11 is 0. The van der Waals surface area contributed by atoms with E-state index in [9.17, 15) is 4.39 Å². The summed E-state index contributed by atoms with van der Waals surface area (Å²) in [6.45, 7) is 3.21. The second kappa shape index (κ2) is 5.33. The standard InChI is InChI=1S/C16H20FNO/c1-2-9-18-14-8-4-6-12(14)15-10-11-5-3-7-13(17)16(11)19-15/h3,5,7,10,12,14,18H,2,4,6,8-9H2,1H3. The van der Waals surface area contributed by atoms with Gasteiger partial charge in [0.25, 0.3) is 0 Å². The van der Waals surface area contributed by atoms with Crippen LogP contribution in [-0.2, 0) is 0 Å². The monoisotopic (exact) mass is 261 g/mol. The third kappa shape index (κ3) is 2.39. The summed E-state index contributed by atoms with van der Waals surface area (Å²) in [6.07, 6.45) is 4.66. The number of rotatable bonds is 4. The molecule has 2 aromatic rings. The number of hydrogen-bond donors (Lipinski definition) is 1. The number of para-hydroxylation sites is 1. The van der Waals surface area contributed by atoms with E-state index in [0.29, 0.717) is 17.5 Å². The minimum atomic E-state index is -0.264. The first-order chi connectivity index (χ1) is 9.29. The lowest BCUT2D eigenvalue weighted by Gasteiger charge is -2.18. The highest BCUT2D eigenvalue weighted by molar-refractivity contribution is 5.78. The summed E-state index contributed by atoms with van der Waals surface area (Å²) in [4.78, 5) is 0. The van der Waals surface area contributed by atoms with Crippen molar-refractivity contribution in [2.24, 2.45) is 0 Å². The molecule has 1 aromatic heterocycles. The molecule has 1 aromatic carbocycles. The zero-order valence-corrected chi connectivity index (χ0v) is 11.3. The van der Waals surface area contributed by atoms with Crippen LogP contribution in [0.2, 0.25) is 0 Å². The molecule has 0 bridgehead atoms. The van der Waals surface area contributed by atoms with Crippen LogP contribution in [0.15, 0.2) is 28.7 Å². The van der Waals surface area contributed by atoms with E-state index in [0.717, 1.165) is 30.5 Å². The second-order valence-electron chi connectivity index (χ2n) is 5.40. The van der Waals surface area contributed by atoms with E-state index in [1.54, 1.807) is 6.07 Å². The maximum absolute atomic E-state index is 13.7. The van der Waals surface area contributed by atoms with Crippen molar-refractivity contribution < 1.29 is 8.81 Å². The Morgan fingerprint density at radius 3 is 3.05 bits per heavy atom. The van der Waals surface area contributed by atoms with Gasteiger partial charge in [0.2, 0.25) is 0 Å². The van der Waals surface area contributed by atoms with Gasteiger partial charge in [-0.3, -0.25) is 0 Å². The molecule has 1 fully saturated rings. The molecule has 102 valence electrons. The summed E-state index contributed by atoms with van der Waals surface area (Å²) < 4.78 is 19.5. The molecule has 1 aliphatic rings. The van der Waals surface area contributed by atoms with Crippen molar-refractivity contribution in [3.8, 4) is 0 Å². The van der Waals surface area contributed by atoms with E-state index < -0.39 is 0 Å². The maximum Gasteiger partial charge on any atom is 0.169 e. The Morgan fingerprint density at radius 2 is 2.26 bits per heavy atom. The van der Waals surface area contributed by atoms with E-state index in [2.05, 4.69) is 12.2 Å². The molecule has 3 rings (SSSR count). The molecule has 19 heavy (non-hydrogen) atoms. The Balaban J connectivity index is 1.88. The van der Waals surface area contributed by atoms with Gasteiger partial charge in [-0.1, -0.05) is 25.5 Å². The van der Waals surface area contributed by atoms with Gasteiger partial charge in [-0.25, -0.2) is 4.39 Å². The summed E-state index contributed by atoms with van der Waals surface area (Å²) in [5, 5.41) is 4.46. The highest BCUT2D eigenvalue weighted by atomic mass is 19.1. The minimum Gasteiger partial charge on any atom is -0.458 e. The first-order valence-electron chi connectivity index (χ1n) is 7.21. The van der Waals surface area contributed by atoms with Gasteiger partial charge in [0.05, 0.1) is 0 Å². The molecule has 2 nitrogen and oxygen atoms in total. The van der Waals surface area contributed by atoms with Crippen molar-refractivity contribution in [2.75, 3.05) is 6.54 Å². The van der Waals surface area contributed by atoms with Crippen LogP contribution in [0.4, 0.5) is 4.39 Å². The predicted octanol–water partition coefficient (Wildman–Crippen LogP) is 4.21. The Bertz CT molecular complexity index is 563. The number of benzene rings is 1. The van der Waals surface area contributed by atoms with Crippen molar-refractivity contribution in [1.29, 1.82) is 0 Å². The molecule has 1 heterocycles. The lowest BCUT2D eigenvalue weighted by Crippen LogP contribution is -2.31. The molecule has 2 atom stereocenters. The molecule has 0 spiro atoms. The second-order valence-corrected chi connectivity index (χ2v) is 5.40. The van der Waals surface area contributed by atoms with Gasteiger partial charge in [0.1, 0.15) is 5.76 Å². The Hall–Kier alpha value is -1.35. The first kappa shape index (κ1) is 12.7. The normalized spacial score (nSPS) is 23.3. The van der Waals surface area contributed by atoms with Gasteiger partial charge in [-0.2, -0.15) is 0 Å². The fraction of sp³-hybridized carbons (Fsp3) is 0.500. The molecule has 1 saturated carbocycles. The van der Waals surface area contributed by atoms with Crippen LogP contribution in [0.25, 0.3) is 11.0 Å². The van der Waals surface area contributed by atoms with E-state index in [1.807, 2.05) is 12.1 Å². The van der Waals surface area contributed by atoms with Crippen molar-refractivity contribution in [3.05, 3.63) is 35.8 Å². The summed E-state index contributed by atoms with van der Waals surface area (Å²) in [7, 11) is 0. The van der Waals surface area contributed by atoms with Gasteiger partial charge in [-0.15, -0.1) is 0 Å². The molecule has 0 amide bonds. The SMILES string of the molecule is CCCNC1CCCC1c1cc2cccc(F)c2o1. The Morgan fingerprint density at radius 1 is 1.37 bits per heavy atom. The molecule has 0 saturated heterocycles. The summed E-state index contributed by atoms with van der Waals surface area (Å²) in [5.74, 6) is 1.06. The van der Waals surface area contributed by atoms with Gasteiger partial charge in [-0.05, 0) is 37.9 Å². The Kier molecular flexibility index (Phi) is 3.56. The van der Waals surface area contributed by atoms with Gasteiger partial charge in [0, 0.05) is 17.3 Å². The van der Waals surface area contributed by atoms with E-state index in [-0.39, 0.29) is 5.82 Å². The van der Waals surface area contributed by atoms with Crippen LogP contribution in [0.1, 0.15) is 44.3 Å². The van der Waals surface area contributed by atoms with Crippen LogP contribution < -0.4 is 5.32 Å². The lowest BCUT2D eigenvalue weighted by atomic mass is 10.00. The molecular weight excluding hydrogens is 241 g/mol. The van der Waals surface area contributed by atoms with Crippen molar-refractivity contribution >= 4 is 11.0 Å². The summed E-state index contributed by atoms with van der Waals surface area (Å²) in [5.41, 5.74) is 0.402. The van der Waals surface area contributed by atoms with Crippen LogP contribution in [0.3, 0.4) is 0 Å². The lowest BCUT2D eigenvalue weighted by molar-refractivity contribution is 0.412. The average molecular weight is 261 g/mol. The molecule has 1 aliphatic carbocycles. The molecular formula is C16H20FNO. The van der Waals surface area contributed by atoms with Crippen molar-refractivity contribution in [3.63, 3.8) is 0 Å². The number of nitrogens with one attached hydrogen (secondary N) is 1. The minimum absolute atomic E-state index is 0.264. The number of hydrogen-bond acceptors (Lipinski definition) is 2. The number of halogens is 1. The van der Waals surface area contributed by atoms with Crippen LogP contribution in [-0.4, -0.2) is 12.6 Å². The molecule has 0 aliphatic heterocycles. The number of fused-ring (bicyclic) bond motifs is 1. The molecule has 0 radical (unpaired) electrons. The number of furan rings is 1. The van der Waals surface area contributed by atoms with Crippen LogP contribution in [0.5, 0.6) is 0 Å². The quantitative estimate of drug-likeness (QED) is 0.892. The predicted molar refractivity (Wildman–Crippen MR) is 74.8 cm³/mol. The molecule has 3 heteroatoms. The van der Waals surface area contributed by atoms with Crippen molar-refractivity contribution in [1.82, 2.24) is 5.32 Å². The van der Waals surface area contributed by atoms with E-state index in [1.165, 1.54) is 18.9 Å². The zero-order chi connectivity index (χ0) is 13.2. The molecule has 1 N–H and O–H groups in total. The third-order valence-corrected chi connectivity index (χ3v) is 4.05. The Labute approximate surface area is 113 Å². The highest BCUT2D eigenvalue weighted by Crippen LogP contribution is 2.37. The third-order valence-electron chi connectivity index (χ3n) is 4.05. The van der Waals surface area contributed by atoms with E-state index >= 15 is 0 Å². The van der Waals surface area contributed by atoms with Gasteiger partial charge in [0.15, 0.2) is 11.4 Å². The van der Waals surface area contributed by atoms with Gasteiger partial charge < -0.3 is 9.73 Å². The zero-order valence-electron chi connectivity index (χ0n) is 11.3. The fourth-order valence-electron chi connectivity index (χ4n) is 3.10. The van der Waals surface area contributed by atoms with Crippen LogP contribution >= 0.6 is 0 Å². The van der Waals surface area contributed by atoms with E-state index in [4.69, 9.17) is 4.42 Å². The fourth-order valence-corrected chi connectivity index (χ4v) is 3.10. The summed E-state index contributed by atoms with van der Waals surface area (Å²) in [6, 6.07) is 7.59. The largest absolute Gasteiger partial charge is 0.458 e. The average Bonchev–Trinajstić information content (AvgIpc) is 3.02. The van der Waals surface area contributed by atoms with Crippen molar-refractivity contribution in [2.45, 2.75) is 44.6 Å². The maximum atomic E-state index is 13.7. The first-order valence-corrected chi connectivity index (χ1v) is 7.21.